The van der Waals surface area contributed by atoms with Crippen LogP contribution in [0.25, 0.3) is 10.6 Å². The maximum atomic E-state index is 12.4. The van der Waals surface area contributed by atoms with Crippen molar-refractivity contribution in [2.45, 2.75) is 25.8 Å². The van der Waals surface area contributed by atoms with Gasteiger partial charge in [-0.2, -0.15) is 0 Å². The minimum Gasteiger partial charge on any atom is -0.336 e. The van der Waals surface area contributed by atoms with Crippen LogP contribution in [0.1, 0.15) is 28.2 Å². The zero-order valence-corrected chi connectivity index (χ0v) is 12.6. The van der Waals surface area contributed by atoms with E-state index in [0.717, 1.165) is 29.0 Å². The van der Waals surface area contributed by atoms with Gasteiger partial charge in [0.15, 0.2) is 0 Å². The molecule has 0 radical (unpaired) electrons. The van der Waals surface area contributed by atoms with Gasteiger partial charge in [0.2, 0.25) is 5.01 Å². The van der Waals surface area contributed by atoms with Crippen molar-refractivity contribution in [3.63, 3.8) is 0 Å². The molecule has 1 fully saturated rings. The Hall–Kier alpha value is -1.86. The lowest BCUT2D eigenvalue weighted by molar-refractivity contribution is 0.0713. The average Bonchev–Trinajstić information content (AvgIpc) is 2.97. The van der Waals surface area contributed by atoms with E-state index in [1.54, 1.807) is 12.4 Å². The number of hydrogen-bond donors (Lipinski definition) is 1. The Morgan fingerprint density at radius 1 is 1.33 bits per heavy atom. The number of hydrogen-bond acceptors (Lipinski definition) is 6. The number of piperidine rings is 1. The number of nitrogens with zero attached hydrogens (tertiary/aromatic N) is 4. The zero-order valence-electron chi connectivity index (χ0n) is 11.8. The molecular formula is C14H17N5OS. The van der Waals surface area contributed by atoms with E-state index >= 15 is 0 Å². The fraction of sp³-hybridized carbons (Fsp3) is 0.429. The molecule has 110 valence electrons. The fourth-order valence-corrected chi connectivity index (χ4v) is 3.13. The lowest BCUT2D eigenvalue weighted by Gasteiger charge is -2.29. The van der Waals surface area contributed by atoms with E-state index in [1.165, 1.54) is 11.3 Å². The Labute approximate surface area is 127 Å². The zero-order chi connectivity index (χ0) is 14.8. The normalized spacial score (nSPS) is 16.2. The first kappa shape index (κ1) is 14.1. The SMILES string of the molecule is Cc1cncc(-c2nnc(C(=O)N3CCC(N)CC3)s2)c1. The summed E-state index contributed by atoms with van der Waals surface area (Å²) < 4.78 is 0. The van der Waals surface area contributed by atoms with Gasteiger partial charge in [-0.1, -0.05) is 11.3 Å². The molecule has 0 aliphatic carbocycles. The third kappa shape index (κ3) is 3.08. The van der Waals surface area contributed by atoms with E-state index in [0.29, 0.717) is 18.1 Å². The predicted molar refractivity (Wildman–Crippen MR) is 81.0 cm³/mol. The first-order chi connectivity index (χ1) is 10.1. The van der Waals surface area contributed by atoms with Crippen molar-refractivity contribution < 1.29 is 4.79 Å². The van der Waals surface area contributed by atoms with Gasteiger partial charge in [-0.25, -0.2) is 0 Å². The predicted octanol–water partition coefficient (Wildman–Crippen LogP) is 1.47. The summed E-state index contributed by atoms with van der Waals surface area (Å²) in [6.45, 7) is 3.36. The lowest BCUT2D eigenvalue weighted by Crippen LogP contribution is -2.42. The number of carbonyl (C=O) groups excluding carboxylic acids is 1. The number of likely N-dealkylation sites (tertiary alicyclic amines) is 1. The molecule has 0 atom stereocenters. The number of rotatable bonds is 2. The summed E-state index contributed by atoms with van der Waals surface area (Å²) >= 11 is 1.31. The molecule has 7 heteroatoms. The molecule has 0 unspecified atom stereocenters. The van der Waals surface area contributed by atoms with Crippen molar-refractivity contribution >= 4 is 17.2 Å². The highest BCUT2D eigenvalue weighted by atomic mass is 32.1. The number of nitrogens with two attached hydrogens (primary N) is 1. The van der Waals surface area contributed by atoms with Crippen LogP contribution in [0.4, 0.5) is 0 Å². The van der Waals surface area contributed by atoms with Gasteiger partial charge in [-0.05, 0) is 31.4 Å². The first-order valence-electron chi connectivity index (χ1n) is 6.94. The van der Waals surface area contributed by atoms with E-state index in [9.17, 15) is 4.79 Å². The van der Waals surface area contributed by atoms with Crippen LogP contribution in [-0.2, 0) is 0 Å². The summed E-state index contributed by atoms with van der Waals surface area (Å²) in [7, 11) is 0. The highest BCUT2D eigenvalue weighted by molar-refractivity contribution is 7.16. The molecule has 1 aliphatic heterocycles. The molecule has 1 amide bonds. The van der Waals surface area contributed by atoms with E-state index in [1.807, 2.05) is 17.9 Å². The van der Waals surface area contributed by atoms with Gasteiger partial charge in [-0.15, -0.1) is 10.2 Å². The topological polar surface area (TPSA) is 85.0 Å². The van der Waals surface area contributed by atoms with Gasteiger partial charge >= 0.3 is 0 Å². The number of carbonyl (C=O) groups is 1. The smallest absolute Gasteiger partial charge is 0.284 e. The van der Waals surface area contributed by atoms with Crippen LogP contribution in [0.3, 0.4) is 0 Å². The van der Waals surface area contributed by atoms with Crippen LogP contribution in [0.5, 0.6) is 0 Å². The van der Waals surface area contributed by atoms with Crippen molar-refractivity contribution in [1.29, 1.82) is 0 Å². The second-order valence-electron chi connectivity index (χ2n) is 5.29. The Morgan fingerprint density at radius 2 is 2.10 bits per heavy atom. The molecule has 2 N–H and O–H groups in total. The van der Waals surface area contributed by atoms with Crippen LogP contribution in [0.2, 0.25) is 0 Å². The van der Waals surface area contributed by atoms with Crippen molar-refractivity contribution in [3.8, 4) is 10.6 Å². The number of aryl methyl sites for hydroxylation is 1. The van der Waals surface area contributed by atoms with E-state index in [-0.39, 0.29) is 11.9 Å². The molecule has 2 aromatic heterocycles. The van der Waals surface area contributed by atoms with Crippen molar-refractivity contribution in [3.05, 3.63) is 29.0 Å². The van der Waals surface area contributed by atoms with Crippen LogP contribution in [0, 0.1) is 6.92 Å². The van der Waals surface area contributed by atoms with Crippen LogP contribution in [0.15, 0.2) is 18.5 Å². The van der Waals surface area contributed by atoms with Crippen molar-refractivity contribution in [2.75, 3.05) is 13.1 Å². The minimum atomic E-state index is -0.0498. The van der Waals surface area contributed by atoms with Gasteiger partial charge in [-0.3, -0.25) is 9.78 Å². The number of amides is 1. The molecule has 0 bridgehead atoms. The standard InChI is InChI=1S/C14H17N5OS/c1-9-6-10(8-16-7-9)12-17-18-13(21-12)14(20)19-4-2-11(15)3-5-19/h6-8,11H,2-5,15H2,1H3. The Bertz CT molecular complexity index is 648. The monoisotopic (exact) mass is 303 g/mol. The summed E-state index contributed by atoms with van der Waals surface area (Å²) in [6, 6.07) is 2.19. The molecule has 0 saturated carbocycles. The van der Waals surface area contributed by atoms with Crippen molar-refractivity contribution in [1.82, 2.24) is 20.1 Å². The van der Waals surface area contributed by atoms with Gasteiger partial charge < -0.3 is 10.6 Å². The maximum Gasteiger partial charge on any atom is 0.284 e. The maximum absolute atomic E-state index is 12.4. The Balaban J connectivity index is 1.77. The van der Waals surface area contributed by atoms with Crippen molar-refractivity contribution in [2.24, 2.45) is 5.73 Å². The molecule has 0 aromatic carbocycles. The minimum absolute atomic E-state index is 0.0498. The fourth-order valence-electron chi connectivity index (χ4n) is 2.34. The molecule has 6 nitrogen and oxygen atoms in total. The molecule has 3 heterocycles. The molecule has 0 spiro atoms. The summed E-state index contributed by atoms with van der Waals surface area (Å²) in [5, 5.41) is 9.31. The third-order valence-corrected chi connectivity index (χ3v) is 4.52. The highest BCUT2D eigenvalue weighted by Gasteiger charge is 2.24. The summed E-state index contributed by atoms with van der Waals surface area (Å²) in [6.07, 6.45) is 5.22. The van der Waals surface area contributed by atoms with E-state index < -0.39 is 0 Å². The summed E-state index contributed by atoms with van der Waals surface area (Å²) in [5.41, 5.74) is 7.81. The molecule has 2 aromatic rings. The molecular weight excluding hydrogens is 286 g/mol. The lowest BCUT2D eigenvalue weighted by atomic mass is 10.1. The van der Waals surface area contributed by atoms with Gasteiger partial charge in [0.1, 0.15) is 5.01 Å². The van der Waals surface area contributed by atoms with Gasteiger partial charge in [0.25, 0.3) is 5.91 Å². The summed E-state index contributed by atoms with van der Waals surface area (Å²) in [5.74, 6) is -0.0498. The largest absolute Gasteiger partial charge is 0.336 e. The molecule has 1 saturated heterocycles. The summed E-state index contributed by atoms with van der Waals surface area (Å²) in [4.78, 5) is 18.3. The first-order valence-corrected chi connectivity index (χ1v) is 7.75. The third-order valence-electron chi connectivity index (χ3n) is 3.56. The van der Waals surface area contributed by atoms with Gasteiger partial charge in [0, 0.05) is 37.1 Å². The van der Waals surface area contributed by atoms with E-state index in [2.05, 4.69) is 15.2 Å². The van der Waals surface area contributed by atoms with E-state index in [4.69, 9.17) is 5.73 Å². The van der Waals surface area contributed by atoms with Crippen LogP contribution < -0.4 is 5.73 Å². The number of pyridine rings is 1. The second-order valence-corrected chi connectivity index (χ2v) is 6.27. The number of aromatic nitrogens is 3. The average molecular weight is 303 g/mol. The second kappa shape index (κ2) is 5.87. The molecule has 1 aliphatic rings. The van der Waals surface area contributed by atoms with Gasteiger partial charge in [0.05, 0.1) is 0 Å². The Morgan fingerprint density at radius 3 is 2.81 bits per heavy atom. The highest BCUT2D eigenvalue weighted by Crippen LogP contribution is 2.24. The molecule has 21 heavy (non-hydrogen) atoms. The van der Waals surface area contributed by atoms with Crippen LogP contribution in [-0.4, -0.2) is 45.1 Å². The Kier molecular flexibility index (Phi) is 3.94. The van der Waals surface area contributed by atoms with Crippen LogP contribution >= 0.6 is 11.3 Å². The molecule has 3 rings (SSSR count). The quantitative estimate of drug-likeness (QED) is 0.908.